The van der Waals surface area contributed by atoms with Gasteiger partial charge in [-0.15, -0.1) is 0 Å². The molecule has 0 aliphatic heterocycles. The number of carboxylic acid groups (broad SMARTS) is 1. The summed E-state index contributed by atoms with van der Waals surface area (Å²) in [5.41, 5.74) is -0.505. The quantitative estimate of drug-likeness (QED) is 0.825. The number of carboxylic acids is 1. The van der Waals surface area contributed by atoms with Crippen molar-refractivity contribution in [3.63, 3.8) is 0 Å². The van der Waals surface area contributed by atoms with Crippen LogP contribution in [0.1, 0.15) is 44.0 Å². The second-order valence-corrected chi connectivity index (χ2v) is 5.13. The molecule has 0 aromatic heterocycles. The molecule has 5 heteroatoms. The van der Waals surface area contributed by atoms with Gasteiger partial charge in [-0.2, -0.15) is 0 Å². The van der Waals surface area contributed by atoms with Crippen LogP contribution < -0.4 is 5.32 Å². The van der Waals surface area contributed by atoms with Crippen molar-refractivity contribution < 1.29 is 18.7 Å². The van der Waals surface area contributed by atoms with Crippen LogP contribution in [0, 0.1) is 17.6 Å². The third-order valence-corrected chi connectivity index (χ3v) is 2.87. The Kier molecular flexibility index (Phi) is 5.27. The van der Waals surface area contributed by atoms with E-state index in [1.165, 1.54) is 0 Å². The molecule has 19 heavy (non-hydrogen) atoms. The molecule has 0 bridgehead atoms. The molecule has 0 fully saturated rings. The van der Waals surface area contributed by atoms with E-state index in [0.29, 0.717) is 12.0 Å². The standard InChI is InChI=1S/C14H19F2NO2/c1-8(2)4-5-9(3)17-13-6-10(14(18)19)11(15)7-12(13)16/h6-9,17H,4-5H2,1-3H3,(H,18,19). The Labute approximate surface area is 111 Å². The zero-order valence-electron chi connectivity index (χ0n) is 11.3. The number of aromatic carboxylic acids is 1. The molecule has 1 atom stereocenters. The number of carbonyl (C=O) groups is 1. The number of anilines is 1. The lowest BCUT2D eigenvalue weighted by Gasteiger charge is -2.17. The second-order valence-electron chi connectivity index (χ2n) is 5.13. The molecule has 0 spiro atoms. The fourth-order valence-electron chi connectivity index (χ4n) is 1.74. The fraction of sp³-hybridized carbons (Fsp3) is 0.500. The normalized spacial score (nSPS) is 12.5. The van der Waals surface area contributed by atoms with Crippen molar-refractivity contribution >= 4 is 11.7 Å². The van der Waals surface area contributed by atoms with Gasteiger partial charge in [-0.1, -0.05) is 13.8 Å². The Balaban J connectivity index is 2.83. The van der Waals surface area contributed by atoms with Crippen LogP contribution in [0.25, 0.3) is 0 Å². The first-order valence-corrected chi connectivity index (χ1v) is 6.30. The molecule has 0 aliphatic carbocycles. The first kappa shape index (κ1) is 15.4. The summed E-state index contributed by atoms with van der Waals surface area (Å²) in [6.07, 6.45) is 1.81. The first-order valence-electron chi connectivity index (χ1n) is 6.30. The number of rotatable bonds is 6. The average molecular weight is 271 g/mol. The fourth-order valence-corrected chi connectivity index (χ4v) is 1.74. The summed E-state index contributed by atoms with van der Waals surface area (Å²) in [6, 6.07) is 1.59. The van der Waals surface area contributed by atoms with Crippen LogP contribution in [0.3, 0.4) is 0 Å². The predicted octanol–water partition coefficient (Wildman–Crippen LogP) is 3.90. The van der Waals surface area contributed by atoms with Crippen LogP contribution in [-0.2, 0) is 0 Å². The van der Waals surface area contributed by atoms with Crippen molar-refractivity contribution in [2.24, 2.45) is 5.92 Å². The van der Waals surface area contributed by atoms with Gasteiger partial charge < -0.3 is 10.4 Å². The topological polar surface area (TPSA) is 49.3 Å². The lowest BCUT2D eigenvalue weighted by Crippen LogP contribution is -2.17. The highest BCUT2D eigenvalue weighted by Gasteiger charge is 2.16. The highest BCUT2D eigenvalue weighted by atomic mass is 19.1. The number of nitrogens with one attached hydrogen (secondary N) is 1. The van der Waals surface area contributed by atoms with Crippen molar-refractivity contribution in [3.05, 3.63) is 29.3 Å². The molecule has 106 valence electrons. The van der Waals surface area contributed by atoms with Gasteiger partial charge in [0.15, 0.2) is 0 Å². The van der Waals surface area contributed by atoms with Gasteiger partial charge in [0.05, 0.1) is 11.3 Å². The summed E-state index contributed by atoms with van der Waals surface area (Å²) in [4.78, 5) is 10.8. The van der Waals surface area contributed by atoms with E-state index in [1.54, 1.807) is 0 Å². The lowest BCUT2D eigenvalue weighted by molar-refractivity contribution is 0.0692. The monoisotopic (exact) mass is 271 g/mol. The van der Waals surface area contributed by atoms with Gasteiger partial charge in [0.25, 0.3) is 0 Å². The Hall–Kier alpha value is -1.65. The van der Waals surface area contributed by atoms with Crippen LogP contribution >= 0.6 is 0 Å². The van der Waals surface area contributed by atoms with Crippen molar-refractivity contribution in [1.29, 1.82) is 0 Å². The van der Waals surface area contributed by atoms with E-state index in [0.717, 1.165) is 18.9 Å². The molecule has 2 N–H and O–H groups in total. The van der Waals surface area contributed by atoms with E-state index >= 15 is 0 Å². The molecule has 3 nitrogen and oxygen atoms in total. The SMILES string of the molecule is CC(C)CCC(C)Nc1cc(C(=O)O)c(F)cc1F. The molecule has 1 aromatic carbocycles. The van der Waals surface area contributed by atoms with Gasteiger partial charge in [0.2, 0.25) is 0 Å². The summed E-state index contributed by atoms with van der Waals surface area (Å²) in [7, 11) is 0. The number of benzene rings is 1. The van der Waals surface area contributed by atoms with Crippen molar-refractivity contribution in [1.82, 2.24) is 0 Å². The molecule has 0 amide bonds. The van der Waals surface area contributed by atoms with E-state index in [9.17, 15) is 13.6 Å². The molecular weight excluding hydrogens is 252 g/mol. The van der Waals surface area contributed by atoms with E-state index in [2.05, 4.69) is 19.2 Å². The molecule has 0 aliphatic rings. The maximum absolute atomic E-state index is 13.6. The maximum atomic E-state index is 13.6. The predicted molar refractivity (Wildman–Crippen MR) is 70.5 cm³/mol. The molecule has 0 saturated carbocycles. The van der Waals surface area contributed by atoms with E-state index in [1.807, 2.05) is 6.92 Å². The summed E-state index contributed by atoms with van der Waals surface area (Å²) >= 11 is 0. The lowest BCUT2D eigenvalue weighted by atomic mass is 10.0. The van der Waals surface area contributed by atoms with Crippen molar-refractivity contribution in [3.8, 4) is 0 Å². The van der Waals surface area contributed by atoms with Crippen LogP contribution in [-0.4, -0.2) is 17.1 Å². The largest absolute Gasteiger partial charge is 0.478 e. The van der Waals surface area contributed by atoms with E-state index < -0.39 is 23.2 Å². The Morgan fingerprint density at radius 3 is 2.37 bits per heavy atom. The molecule has 1 rings (SSSR count). The number of hydrogen-bond acceptors (Lipinski definition) is 2. The Bertz CT molecular complexity index is 461. The maximum Gasteiger partial charge on any atom is 0.338 e. The van der Waals surface area contributed by atoms with Gasteiger partial charge in [0, 0.05) is 12.1 Å². The number of hydrogen-bond donors (Lipinski definition) is 2. The smallest absolute Gasteiger partial charge is 0.338 e. The third-order valence-electron chi connectivity index (χ3n) is 2.87. The van der Waals surface area contributed by atoms with Gasteiger partial charge in [-0.3, -0.25) is 0 Å². The summed E-state index contributed by atoms with van der Waals surface area (Å²) in [5, 5.41) is 11.7. The molecule has 0 radical (unpaired) electrons. The zero-order valence-corrected chi connectivity index (χ0v) is 11.3. The van der Waals surface area contributed by atoms with E-state index in [-0.39, 0.29) is 11.7 Å². The molecule has 0 heterocycles. The molecule has 1 aromatic rings. The highest BCUT2D eigenvalue weighted by molar-refractivity contribution is 5.89. The minimum atomic E-state index is -1.41. The Morgan fingerprint density at radius 2 is 1.84 bits per heavy atom. The van der Waals surface area contributed by atoms with Crippen LogP contribution in [0.5, 0.6) is 0 Å². The molecule has 0 saturated heterocycles. The van der Waals surface area contributed by atoms with Crippen molar-refractivity contribution in [2.45, 2.75) is 39.7 Å². The van der Waals surface area contributed by atoms with Gasteiger partial charge >= 0.3 is 5.97 Å². The summed E-state index contributed by atoms with van der Waals surface area (Å²) in [5.74, 6) is -2.71. The summed E-state index contributed by atoms with van der Waals surface area (Å²) in [6.45, 7) is 6.06. The van der Waals surface area contributed by atoms with E-state index in [4.69, 9.17) is 5.11 Å². The van der Waals surface area contributed by atoms with Gasteiger partial charge in [0.1, 0.15) is 11.6 Å². The van der Waals surface area contributed by atoms with Crippen molar-refractivity contribution in [2.75, 3.05) is 5.32 Å². The van der Waals surface area contributed by atoms with Crippen LogP contribution in [0.4, 0.5) is 14.5 Å². The number of halogens is 2. The van der Waals surface area contributed by atoms with Crippen LogP contribution in [0.2, 0.25) is 0 Å². The average Bonchev–Trinajstić information content (AvgIpc) is 2.29. The van der Waals surface area contributed by atoms with Gasteiger partial charge in [-0.05, 0) is 31.7 Å². The van der Waals surface area contributed by atoms with Crippen LogP contribution in [0.15, 0.2) is 12.1 Å². The minimum Gasteiger partial charge on any atom is -0.478 e. The second kappa shape index (κ2) is 6.50. The highest BCUT2D eigenvalue weighted by Crippen LogP contribution is 2.21. The molecule has 1 unspecified atom stereocenters. The summed E-state index contributed by atoms with van der Waals surface area (Å²) < 4.78 is 26.8. The third kappa shape index (κ3) is 4.50. The first-order chi connectivity index (χ1) is 8.81. The Morgan fingerprint density at radius 1 is 1.21 bits per heavy atom. The minimum absolute atomic E-state index is 0.0102. The zero-order chi connectivity index (χ0) is 14.6. The van der Waals surface area contributed by atoms with Gasteiger partial charge in [-0.25, -0.2) is 13.6 Å². The molecular formula is C14H19F2NO2.